The van der Waals surface area contributed by atoms with Gasteiger partial charge in [0, 0.05) is 17.1 Å². The van der Waals surface area contributed by atoms with Gasteiger partial charge in [-0.25, -0.2) is 9.59 Å². The quantitative estimate of drug-likeness (QED) is 0.357. The zero-order valence-corrected chi connectivity index (χ0v) is 9.96. The van der Waals surface area contributed by atoms with E-state index >= 15 is 0 Å². The Morgan fingerprint density at radius 1 is 0.750 bits per heavy atom. The van der Waals surface area contributed by atoms with Crippen molar-refractivity contribution in [3.63, 3.8) is 0 Å². The summed E-state index contributed by atoms with van der Waals surface area (Å²) in [6.45, 7) is 0. The van der Waals surface area contributed by atoms with E-state index in [4.69, 9.17) is 19.8 Å². The van der Waals surface area contributed by atoms with Crippen LogP contribution < -0.4 is 0 Å². The zero-order chi connectivity index (χ0) is 12.2. The Morgan fingerprint density at radius 3 is 0.812 bits per heavy atom. The van der Waals surface area contributed by atoms with Gasteiger partial charge >= 0.3 is 24.3 Å². The van der Waals surface area contributed by atoms with Crippen LogP contribution in [0.15, 0.2) is 0 Å². The summed E-state index contributed by atoms with van der Waals surface area (Å²) in [7, 11) is 0. The van der Waals surface area contributed by atoms with Crippen LogP contribution in [-0.2, 0) is 26.7 Å². The van der Waals surface area contributed by atoms with Crippen molar-refractivity contribution >= 4 is 35.9 Å². The molecule has 0 spiro atoms. The molecule has 0 rings (SSSR count). The fourth-order valence-electron chi connectivity index (χ4n) is 0. The second-order valence-corrected chi connectivity index (χ2v) is 1.61. The maximum atomic E-state index is 10.6. The average Bonchev–Trinajstić information content (AvgIpc) is 1.83. The van der Waals surface area contributed by atoms with Crippen molar-refractivity contribution in [1.29, 1.82) is 0 Å². The molecule has 0 saturated heterocycles. The molecule has 16 heavy (non-hydrogen) atoms. The van der Waals surface area contributed by atoms with Gasteiger partial charge in [-0.1, -0.05) is 0 Å². The van der Waals surface area contributed by atoms with E-state index in [1.165, 1.54) is 0 Å². The first-order valence-corrected chi connectivity index (χ1v) is 2.49. The molecule has 2 N–H and O–H groups in total. The average molecular weight is 420 g/mol. The molecule has 0 saturated carbocycles. The van der Waals surface area contributed by atoms with Crippen LogP contribution >= 0.6 is 24.0 Å². The molecule has 0 amide bonds. The van der Waals surface area contributed by atoms with Crippen molar-refractivity contribution in [2.45, 2.75) is 12.4 Å². The smallest absolute Gasteiger partial charge is 0.475 e. The molecule has 0 aromatic heterocycles. The van der Waals surface area contributed by atoms with E-state index in [-0.39, 0.29) is 41.0 Å². The molecule has 0 aliphatic rings. The van der Waals surface area contributed by atoms with E-state index in [0.29, 0.717) is 0 Å². The normalized spacial score (nSPS) is 9.88. The van der Waals surface area contributed by atoms with Gasteiger partial charge in [0.15, 0.2) is 0 Å². The molecular formula is C4H3CuF6IO4. The Bertz CT molecular complexity index is 202. The summed E-state index contributed by atoms with van der Waals surface area (Å²) in [5, 5.41) is 14.2. The van der Waals surface area contributed by atoms with E-state index in [0.717, 1.165) is 0 Å². The number of aliphatic carboxylic acids is 2. The maximum absolute atomic E-state index is 10.6. The topological polar surface area (TPSA) is 74.6 Å². The van der Waals surface area contributed by atoms with E-state index < -0.39 is 24.3 Å². The summed E-state index contributed by atoms with van der Waals surface area (Å²) in [6, 6.07) is 0. The Hall–Kier alpha value is -0.231. The number of hydrogen-bond donors (Lipinski definition) is 2. The van der Waals surface area contributed by atoms with Crippen molar-refractivity contribution in [3.8, 4) is 0 Å². The van der Waals surface area contributed by atoms with Gasteiger partial charge in [-0.15, -0.1) is 24.0 Å². The predicted molar refractivity (Wildman–Crippen MR) is 42.8 cm³/mol. The molecule has 4 nitrogen and oxygen atoms in total. The van der Waals surface area contributed by atoms with Gasteiger partial charge in [-0.3, -0.25) is 0 Å². The van der Waals surface area contributed by atoms with Crippen LogP contribution in [0.25, 0.3) is 0 Å². The third-order valence-corrected chi connectivity index (χ3v) is 0.485. The summed E-state index contributed by atoms with van der Waals surface area (Å²) in [5.74, 6) is -5.51. The van der Waals surface area contributed by atoms with Crippen molar-refractivity contribution in [2.24, 2.45) is 0 Å². The van der Waals surface area contributed by atoms with Crippen LogP contribution in [0.5, 0.6) is 0 Å². The van der Waals surface area contributed by atoms with Gasteiger partial charge in [0.2, 0.25) is 0 Å². The second kappa shape index (κ2) is 8.87. The Kier molecular flexibility index (Phi) is 13.8. The summed E-state index contributed by atoms with van der Waals surface area (Å²) in [4.78, 5) is 17.8. The number of rotatable bonds is 0. The molecular weight excluding hydrogens is 416 g/mol. The molecule has 0 aromatic carbocycles. The number of halogens is 7. The molecule has 1 radical (unpaired) electrons. The molecule has 0 aliphatic carbocycles. The van der Waals surface area contributed by atoms with Crippen LogP contribution in [0.1, 0.15) is 0 Å². The van der Waals surface area contributed by atoms with Crippen LogP contribution in [0.2, 0.25) is 0 Å². The number of hydrogen-bond acceptors (Lipinski definition) is 2. The first-order chi connectivity index (χ1) is 5.89. The van der Waals surface area contributed by atoms with Gasteiger partial charge in [-0.05, 0) is 0 Å². The number of alkyl halides is 6. The zero-order valence-electron chi connectivity index (χ0n) is 6.69. The van der Waals surface area contributed by atoms with E-state index in [1.54, 1.807) is 0 Å². The molecule has 0 atom stereocenters. The molecule has 103 valence electrons. The molecule has 0 fully saturated rings. The minimum absolute atomic E-state index is 0. The van der Waals surface area contributed by atoms with Crippen molar-refractivity contribution in [1.82, 2.24) is 0 Å². The standard InChI is InChI=1S/2C2HF3O2.Cu.HI/c2*3-2(4,5)1(6)7;;/h2*(H,6,7);;1H. The fraction of sp³-hybridized carbons (Fsp3) is 0.500. The minimum atomic E-state index is -5.08. The third-order valence-electron chi connectivity index (χ3n) is 0.485. The summed E-state index contributed by atoms with van der Waals surface area (Å²) >= 11 is 0. The first-order valence-electron chi connectivity index (χ1n) is 2.49. The van der Waals surface area contributed by atoms with E-state index in [9.17, 15) is 26.3 Å². The van der Waals surface area contributed by atoms with Crippen molar-refractivity contribution in [2.75, 3.05) is 0 Å². The minimum Gasteiger partial charge on any atom is -0.475 e. The summed E-state index contributed by atoms with van der Waals surface area (Å²) in [5.41, 5.74) is 0. The Balaban J connectivity index is -0.0000000800. The van der Waals surface area contributed by atoms with Crippen molar-refractivity contribution in [3.05, 3.63) is 0 Å². The molecule has 0 aliphatic heterocycles. The second-order valence-electron chi connectivity index (χ2n) is 1.61. The van der Waals surface area contributed by atoms with Crippen molar-refractivity contribution < 1.29 is 63.2 Å². The largest absolute Gasteiger partial charge is 0.490 e. The maximum Gasteiger partial charge on any atom is 0.490 e. The fourth-order valence-corrected chi connectivity index (χ4v) is 0. The number of carboxylic acids is 2. The van der Waals surface area contributed by atoms with Crippen LogP contribution in [0.4, 0.5) is 26.3 Å². The van der Waals surface area contributed by atoms with E-state index in [1.807, 2.05) is 0 Å². The van der Waals surface area contributed by atoms with Crippen LogP contribution in [0.3, 0.4) is 0 Å². The van der Waals surface area contributed by atoms with E-state index in [2.05, 4.69) is 0 Å². The van der Waals surface area contributed by atoms with Crippen LogP contribution in [-0.4, -0.2) is 34.5 Å². The molecule has 0 aromatic rings. The third kappa shape index (κ3) is 16.2. The first kappa shape index (κ1) is 24.8. The summed E-state index contributed by atoms with van der Waals surface area (Å²) < 4.78 is 63.5. The Labute approximate surface area is 111 Å². The molecule has 0 unspecified atom stereocenters. The number of carboxylic acid groups (broad SMARTS) is 2. The van der Waals surface area contributed by atoms with Gasteiger partial charge in [-0.2, -0.15) is 26.3 Å². The SMILES string of the molecule is I.O=C(O)C(F)(F)F.O=C(O)C(F)(F)F.[Cu]. The van der Waals surface area contributed by atoms with Crippen LogP contribution in [0, 0.1) is 0 Å². The number of carbonyl (C=O) groups is 2. The summed E-state index contributed by atoms with van der Waals surface area (Å²) in [6.07, 6.45) is -10.2. The molecule has 0 bridgehead atoms. The van der Waals surface area contributed by atoms with Gasteiger partial charge in [0.05, 0.1) is 0 Å². The monoisotopic (exact) mass is 419 g/mol. The molecule has 0 heterocycles. The molecule has 12 heteroatoms. The van der Waals surface area contributed by atoms with Gasteiger partial charge in [0.1, 0.15) is 0 Å². The van der Waals surface area contributed by atoms with Gasteiger partial charge < -0.3 is 10.2 Å². The Morgan fingerprint density at radius 2 is 0.812 bits per heavy atom. The van der Waals surface area contributed by atoms with Gasteiger partial charge in [0.25, 0.3) is 0 Å². The predicted octanol–water partition coefficient (Wildman–Crippen LogP) is 1.88.